The topological polar surface area (TPSA) is 15.7 Å². The molecular weight excluding hydrogens is 352 g/mol. The van der Waals surface area contributed by atoms with E-state index in [1.807, 2.05) is 6.07 Å². The van der Waals surface area contributed by atoms with Crippen LogP contribution in [-0.2, 0) is 6.54 Å². The maximum atomic E-state index is 5.51. The van der Waals surface area contributed by atoms with Gasteiger partial charge >= 0.3 is 0 Å². The maximum Gasteiger partial charge on any atom is 0.123 e. The second-order valence-electron chi connectivity index (χ2n) is 7.21. The molecule has 2 aliphatic heterocycles. The molecular formula is C19H29BrN2O. The number of piperidine rings is 2. The van der Waals surface area contributed by atoms with Crippen LogP contribution in [0.5, 0.6) is 5.75 Å². The lowest BCUT2D eigenvalue weighted by Crippen LogP contribution is -2.48. The van der Waals surface area contributed by atoms with Gasteiger partial charge in [0.1, 0.15) is 5.75 Å². The fourth-order valence-electron chi connectivity index (χ4n) is 4.11. The molecule has 0 N–H and O–H groups in total. The van der Waals surface area contributed by atoms with Crippen molar-refractivity contribution in [2.24, 2.45) is 5.92 Å². The smallest absolute Gasteiger partial charge is 0.123 e. The molecule has 2 saturated heterocycles. The van der Waals surface area contributed by atoms with Crippen molar-refractivity contribution in [3.05, 3.63) is 28.2 Å². The number of hydrogen-bond donors (Lipinski definition) is 0. The molecule has 0 saturated carbocycles. The van der Waals surface area contributed by atoms with Crippen molar-refractivity contribution < 1.29 is 4.74 Å². The first-order valence-electron chi connectivity index (χ1n) is 8.94. The van der Waals surface area contributed by atoms with Crippen molar-refractivity contribution in [3.63, 3.8) is 0 Å². The summed E-state index contributed by atoms with van der Waals surface area (Å²) in [6, 6.07) is 7.10. The molecule has 1 aromatic rings. The summed E-state index contributed by atoms with van der Waals surface area (Å²) >= 11 is 3.58. The third-order valence-electron chi connectivity index (χ3n) is 5.40. The fourth-order valence-corrected chi connectivity index (χ4v) is 4.52. The molecule has 4 heteroatoms. The molecule has 0 aliphatic carbocycles. The lowest BCUT2D eigenvalue weighted by atomic mass is 9.95. The van der Waals surface area contributed by atoms with Crippen molar-refractivity contribution in [2.45, 2.75) is 45.2 Å². The molecule has 0 amide bonds. The molecule has 0 spiro atoms. The second-order valence-corrected chi connectivity index (χ2v) is 8.12. The molecule has 3 rings (SSSR count). The van der Waals surface area contributed by atoms with Gasteiger partial charge < -0.3 is 9.64 Å². The summed E-state index contributed by atoms with van der Waals surface area (Å²) in [4.78, 5) is 5.33. The number of likely N-dealkylation sites (tertiary alicyclic amines) is 2. The van der Waals surface area contributed by atoms with Crippen LogP contribution in [0.15, 0.2) is 22.7 Å². The van der Waals surface area contributed by atoms with Gasteiger partial charge in [0.05, 0.1) is 7.11 Å². The van der Waals surface area contributed by atoms with Crippen LogP contribution in [0.1, 0.15) is 38.2 Å². The molecule has 23 heavy (non-hydrogen) atoms. The van der Waals surface area contributed by atoms with Gasteiger partial charge in [0, 0.05) is 29.2 Å². The molecule has 128 valence electrons. The molecule has 0 unspecified atom stereocenters. The van der Waals surface area contributed by atoms with Crippen LogP contribution in [0.25, 0.3) is 0 Å². The predicted octanol–water partition coefficient (Wildman–Crippen LogP) is 4.15. The number of hydrogen-bond acceptors (Lipinski definition) is 3. The van der Waals surface area contributed by atoms with Gasteiger partial charge in [-0.2, -0.15) is 0 Å². The van der Waals surface area contributed by atoms with Gasteiger partial charge in [0.25, 0.3) is 0 Å². The van der Waals surface area contributed by atoms with Crippen LogP contribution in [0.3, 0.4) is 0 Å². The highest BCUT2D eigenvalue weighted by Gasteiger charge is 2.27. The Morgan fingerprint density at radius 2 is 1.96 bits per heavy atom. The lowest BCUT2D eigenvalue weighted by Gasteiger charge is -2.41. The van der Waals surface area contributed by atoms with Crippen LogP contribution in [0.4, 0.5) is 0 Å². The Hall–Kier alpha value is -0.580. The Balaban J connectivity index is 1.54. The molecule has 1 atom stereocenters. The number of ether oxygens (including phenoxy) is 1. The van der Waals surface area contributed by atoms with E-state index in [1.165, 1.54) is 57.4 Å². The third-order valence-corrected chi connectivity index (χ3v) is 5.89. The van der Waals surface area contributed by atoms with Gasteiger partial charge in [0.2, 0.25) is 0 Å². The van der Waals surface area contributed by atoms with Crippen molar-refractivity contribution in [2.75, 3.05) is 33.3 Å². The Morgan fingerprint density at radius 1 is 1.17 bits per heavy atom. The highest BCUT2D eigenvalue weighted by Crippen LogP contribution is 2.27. The Morgan fingerprint density at radius 3 is 2.65 bits per heavy atom. The Kier molecular flexibility index (Phi) is 6.00. The molecule has 0 aromatic heterocycles. The Labute approximate surface area is 149 Å². The minimum absolute atomic E-state index is 0.804. The number of halogens is 1. The third kappa shape index (κ3) is 4.49. The monoisotopic (exact) mass is 380 g/mol. The van der Waals surface area contributed by atoms with Gasteiger partial charge in [-0.25, -0.2) is 0 Å². The summed E-state index contributed by atoms with van der Waals surface area (Å²) < 4.78 is 6.64. The summed E-state index contributed by atoms with van der Waals surface area (Å²) in [7, 11) is 1.76. The van der Waals surface area contributed by atoms with E-state index in [1.54, 1.807) is 7.11 Å². The highest BCUT2D eigenvalue weighted by atomic mass is 79.9. The molecule has 2 heterocycles. The predicted molar refractivity (Wildman–Crippen MR) is 99.0 cm³/mol. The molecule has 2 aliphatic rings. The van der Waals surface area contributed by atoms with Gasteiger partial charge in [-0.3, -0.25) is 4.90 Å². The van der Waals surface area contributed by atoms with Crippen LogP contribution in [-0.4, -0.2) is 49.1 Å². The molecule has 3 nitrogen and oxygen atoms in total. The van der Waals surface area contributed by atoms with E-state index in [-0.39, 0.29) is 0 Å². The zero-order chi connectivity index (χ0) is 16.2. The first kappa shape index (κ1) is 17.2. The summed E-state index contributed by atoms with van der Waals surface area (Å²) in [6.45, 7) is 8.42. The van der Waals surface area contributed by atoms with Gasteiger partial charge in [-0.05, 0) is 69.4 Å². The molecule has 0 radical (unpaired) electrons. The number of methoxy groups -OCH3 is 1. The van der Waals surface area contributed by atoms with Crippen LogP contribution in [0, 0.1) is 5.92 Å². The van der Waals surface area contributed by atoms with Gasteiger partial charge in [0.15, 0.2) is 0 Å². The van der Waals surface area contributed by atoms with Crippen LogP contribution >= 0.6 is 15.9 Å². The maximum absolute atomic E-state index is 5.51. The quantitative estimate of drug-likeness (QED) is 0.779. The van der Waals surface area contributed by atoms with Gasteiger partial charge in [-0.15, -0.1) is 0 Å². The Bertz CT molecular complexity index is 514. The van der Waals surface area contributed by atoms with Crippen molar-refractivity contribution >= 4 is 15.9 Å². The van der Waals surface area contributed by atoms with E-state index in [0.29, 0.717) is 0 Å². The number of nitrogens with zero attached hydrogens (tertiary/aromatic N) is 2. The van der Waals surface area contributed by atoms with E-state index in [9.17, 15) is 0 Å². The fraction of sp³-hybridized carbons (Fsp3) is 0.684. The van der Waals surface area contributed by atoms with Crippen molar-refractivity contribution in [3.8, 4) is 5.75 Å². The van der Waals surface area contributed by atoms with Gasteiger partial charge in [-0.1, -0.05) is 22.9 Å². The second kappa shape index (κ2) is 8.00. The standard InChI is InChI=1S/C19H29BrN2O/c1-15-4-3-9-22(13-15)18-7-10-21(11-8-18)14-16-12-17(20)5-6-19(16)23-2/h5-6,12,15,18H,3-4,7-11,13-14H2,1-2H3/t15-/m1/s1. The van der Waals surface area contributed by atoms with Crippen molar-refractivity contribution in [1.82, 2.24) is 9.80 Å². The minimum Gasteiger partial charge on any atom is -0.496 e. The van der Waals surface area contributed by atoms with Crippen LogP contribution in [0.2, 0.25) is 0 Å². The first-order valence-corrected chi connectivity index (χ1v) is 9.74. The van der Waals surface area contributed by atoms with E-state index in [2.05, 4.69) is 44.8 Å². The number of benzene rings is 1. The van der Waals surface area contributed by atoms with E-state index < -0.39 is 0 Å². The summed E-state index contributed by atoms with van der Waals surface area (Å²) in [6.07, 6.45) is 5.42. The van der Waals surface area contributed by atoms with E-state index in [0.717, 1.165) is 28.7 Å². The summed E-state index contributed by atoms with van der Waals surface area (Å²) in [5.74, 6) is 1.88. The highest BCUT2D eigenvalue weighted by molar-refractivity contribution is 9.10. The largest absolute Gasteiger partial charge is 0.496 e. The molecule has 1 aromatic carbocycles. The zero-order valence-corrected chi connectivity index (χ0v) is 16.0. The normalized spacial score (nSPS) is 24.7. The average Bonchev–Trinajstić information content (AvgIpc) is 2.56. The average molecular weight is 381 g/mol. The SMILES string of the molecule is COc1ccc(Br)cc1CN1CCC(N2CCC[C@@H](C)C2)CC1. The van der Waals surface area contributed by atoms with E-state index in [4.69, 9.17) is 4.74 Å². The lowest BCUT2D eigenvalue weighted by molar-refractivity contribution is 0.0726. The first-order chi connectivity index (χ1) is 11.2. The zero-order valence-electron chi connectivity index (χ0n) is 14.4. The minimum atomic E-state index is 0.804. The molecule has 2 fully saturated rings. The summed E-state index contributed by atoms with van der Waals surface area (Å²) in [5, 5.41) is 0. The summed E-state index contributed by atoms with van der Waals surface area (Å²) in [5.41, 5.74) is 1.28. The van der Waals surface area contributed by atoms with Crippen molar-refractivity contribution in [1.29, 1.82) is 0 Å². The number of rotatable bonds is 4. The van der Waals surface area contributed by atoms with Crippen LogP contribution < -0.4 is 4.74 Å². The molecule has 0 bridgehead atoms. The van der Waals surface area contributed by atoms with E-state index >= 15 is 0 Å².